The van der Waals surface area contributed by atoms with Crippen molar-refractivity contribution in [1.29, 1.82) is 0 Å². The van der Waals surface area contributed by atoms with E-state index in [0.717, 1.165) is 25.7 Å². The van der Waals surface area contributed by atoms with Gasteiger partial charge in [0.2, 0.25) is 5.91 Å². The number of carboxylic acid groups (broad SMARTS) is 1. The summed E-state index contributed by atoms with van der Waals surface area (Å²) in [4.78, 5) is 26.4. The highest BCUT2D eigenvalue weighted by atomic mass is 16.7. The standard InChI is InChI=1S/C11H19NO4/c13-10(14)8-16-12-11(15)9-6-4-2-1-3-5-7-9/h9H,1-8H2,(H,12,15)(H,13,14). The van der Waals surface area contributed by atoms with Gasteiger partial charge in [0.05, 0.1) is 0 Å². The summed E-state index contributed by atoms with van der Waals surface area (Å²) < 4.78 is 0. The Balaban J connectivity index is 2.24. The monoisotopic (exact) mass is 229 g/mol. The fraction of sp³-hybridized carbons (Fsp3) is 0.818. The Kier molecular flexibility index (Phi) is 5.85. The fourth-order valence-electron chi connectivity index (χ4n) is 1.97. The van der Waals surface area contributed by atoms with Gasteiger partial charge in [-0.2, -0.15) is 0 Å². The lowest BCUT2D eigenvalue weighted by Crippen LogP contribution is -2.32. The summed E-state index contributed by atoms with van der Waals surface area (Å²) in [6, 6.07) is 0. The highest BCUT2D eigenvalue weighted by molar-refractivity contribution is 5.77. The number of aliphatic carboxylic acids is 1. The molecule has 2 N–H and O–H groups in total. The zero-order chi connectivity index (χ0) is 11.8. The Morgan fingerprint density at radius 3 is 2.25 bits per heavy atom. The molecule has 0 heterocycles. The van der Waals surface area contributed by atoms with Gasteiger partial charge in [-0.3, -0.25) is 9.63 Å². The van der Waals surface area contributed by atoms with E-state index in [-0.39, 0.29) is 11.8 Å². The molecule has 0 aromatic rings. The molecular weight excluding hydrogens is 210 g/mol. The van der Waals surface area contributed by atoms with Gasteiger partial charge in [-0.1, -0.05) is 32.1 Å². The molecule has 0 atom stereocenters. The summed E-state index contributed by atoms with van der Waals surface area (Å²) in [5, 5.41) is 8.34. The molecule has 92 valence electrons. The van der Waals surface area contributed by atoms with Crippen LogP contribution in [0.25, 0.3) is 0 Å². The molecule has 1 saturated carbocycles. The van der Waals surface area contributed by atoms with Crippen LogP contribution in [0, 0.1) is 5.92 Å². The Bertz CT molecular complexity index is 234. The number of amides is 1. The molecule has 0 aliphatic heterocycles. The first kappa shape index (κ1) is 13.0. The Morgan fingerprint density at radius 1 is 1.12 bits per heavy atom. The van der Waals surface area contributed by atoms with Crippen LogP contribution < -0.4 is 5.48 Å². The number of nitrogens with one attached hydrogen (secondary N) is 1. The average Bonchev–Trinajstić information content (AvgIpc) is 2.15. The molecule has 1 aliphatic carbocycles. The second-order valence-electron chi connectivity index (χ2n) is 4.19. The normalized spacial score (nSPS) is 18.5. The van der Waals surface area contributed by atoms with Crippen LogP contribution in [0.4, 0.5) is 0 Å². The summed E-state index contributed by atoms with van der Waals surface area (Å²) in [6.07, 6.45) is 7.50. The van der Waals surface area contributed by atoms with Crippen molar-refractivity contribution in [1.82, 2.24) is 5.48 Å². The van der Waals surface area contributed by atoms with Crippen molar-refractivity contribution >= 4 is 11.9 Å². The maximum atomic E-state index is 11.6. The molecule has 5 nitrogen and oxygen atoms in total. The van der Waals surface area contributed by atoms with Crippen LogP contribution in [0.5, 0.6) is 0 Å². The Labute approximate surface area is 95.1 Å². The lowest BCUT2D eigenvalue weighted by molar-refractivity contribution is -0.151. The maximum absolute atomic E-state index is 11.6. The van der Waals surface area contributed by atoms with Crippen LogP contribution in [-0.2, 0) is 14.4 Å². The summed E-state index contributed by atoms with van der Waals surface area (Å²) >= 11 is 0. The van der Waals surface area contributed by atoms with E-state index in [2.05, 4.69) is 10.3 Å². The molecule has 0 bridgehead atoms. The lowest BCUT2D eigenvalue weighted by Gasteiger charge is -2.18. The molecule has 0 aromatic carbocycles. The van der Waals surface area contributed by atoms with Crippen molar-refractivity contribution in [3.63, 3.8) is 0 Å². The van der Waals surface area contributed by atoms with Crippen LogP contribution >= 0.6 is 0 Å². The Morgan fingerprint density at radius 2 is 1.69 bits per heavy atom. The highest BCUT2D eigenvalue weighted by Crippen LogP contribution is 2.22. The lowest BCUT2D eigenvalue weighted by atomic mass is 9.91. The predicted molar refractivity (Wildman–Crippen MR) is 57.5 cm³/mol. The van der Waals surface area contributed by atoms with Crippen molar-refractivity contribution in [2.45, 2.75) is 44.9 Å². The molecule has 0 radical (unpaired) electrons. The zero-order valence-corrected chi connectivity index (χ0v) is 9.41. The SMILES string of the molecule is O=C(O)CONC(=O)C1CCCCCCC1. The third-order valence-electron chi connectivity index (χ3n) is 2.84. The van der Waals surface area contributed by atoms with E-state index >= 15 is 0 Å². The number of hydroxylamine groups is 1. The van der Waals surface area contributed by atoms with E-state index in [9.17, 15) is 9.59 Å². The Hall–Kier alpha value is -1.10. The van der Waals surface area contributed by atoms with Crippen molar-refractivity contribution in [3.05, 3.63) is 0 Å². The van der Waals surface area contributed by atoms with Gasteiger partial charge in [0, 0.05) is 5.92 Å². The molecule has 0 spiro atoms. The number of carbonyl (C=O) groups is 2. The molecule has 1 amide bonds. The zero-order valence-electron chi connectivity index (χ0n) is 9.41. The van der Waals surface area contributed by atoms with E-state index in [4.69, 9.17) is 5.11 Å². The molecule has 1 rings (SSSR count). The summed E-state index contributed by atoms with van der Waals surface area (Å²) in [6.45, 7) is -0.488. The quantitative estimate of drug-likeness (QED) is 0.716. The first-order valence-corrected chi connectivity index (χ1v) is 5.83. The second-order valence-corrected chi connectivity index (χ2v) is 4.19. The first-order chi connectivity index (χ1) is 7.70. The number of rotatable bonds is 4. The molecule has 5 heteroatoms. The largest absolute Gasteiger partial charge is 0.479 e. The number of hydrogen-bond acceptors (Lipinski definition) is 3. The number of carbonyl (C=O) groups excluding carboxylic acids is 1. The van der Waals surface area contributed by atoms with Crippen molar-refractivity contribution in [3.8, 4) is 0 Å². The van der Waals surface area contributed by atoms with Gasteiger partial charge in [0.1, 0.15) is 0 Å². The molecule has 0 aromatic heterocycles. The van der Waals surface area contributed by atoms with Crippen LogP contribution in [0.3, 0.4) is 0 Å². The molecule has 1 aliphatic rings. The predicted octanol–water partition coefficient (Wildman–Crippen LogP) is 1.48. The average molecular weight is 229 g/mol. The van der Waals surface area contributed by atoms with Gasteiger partial charge >= 0.3 is 5.97 Å². The highest BCUT2D eigenvalue weighted by Gasteiger charge is 2.19. The van der Waals surface area contributed by atoms with Crippen molar-refractivity contribution in [2.24, 2.45) is 5.92 Å². The maximum Gasteiger partial charge on any atom is 0.332 e. The topological polar surface area (TPSA) is 75.6 Å². The first-order valence-electron chi connectivity index (χ1n) is 5.83. The fourth-order valence-corrected chi connectivity index (χ4v) is 1.97. The van der Waals surface area contributed by atoms with Crippen LogP contribution in [0.1, 0.15) is 44.9 Å². The van der Waals surface area contributed by atoms with Gasteiger partial charge in [0.25, 0.3) is 0 Å². The third-order valence-corrected chi connectivity index (χ3v) is 2.84. The molecule has 0 unspecified atom stereocenters. The number of hydrogen-bond donors (Lipinski definition) is 2. The summed E-state index contributed by atoms with van der Waals surface area (Å²) in [5.74, 6) is -1.28. The summed E-state index contributed by atoms with van der Waals surface area (Å²) in [7, 11) is 0. The summed E-state index contributed by atoms with van der Waals surface area (Å²) in [5.41, 5.74) is 2.21. The van der Waals surface area contributed by atoms with E-state index in [1.54, 1.807) is 0 Å². The van der Waals surface area contributed by atoms with Gasteiger partial charge in [-0.05, 0) is 12.8 Å². The van der Waals surface area contributed by atoms with Crippen LogP contribution in [0.2, 0.25) is 0 Å². The van der Waals surface area contributed by atoms with Crippen LogP contribution in [-0.4, -0.2) is 23.6 Å². The second kappa shape index (κ2) is 7.22. The van der Waals surface area contributed by atoms with Gasteiger partial charge < -0.3 is 5.11 Å². The number of carboxylic acids is 1. The van der Waals surface area contributed by atoms with E-state index in [1.165, 1.54) is 19.3 Å². The van der Waals surface area contributed by atoms with E-state index in [0.29, 0.717) is 0 Å². The minimum atomic E-state index is -1.09. The van der Waals surface area contributed by atoms with Crippen molar-refractivity contribution < 1.29 is 19.5 Å². The van der Waals surface area contributed by atoms with E-state index < -0.39 is 12.6 Å². The molecule has 0 saturated heterocycles. The van der Waals surface area contributed by atoms with Gasteiger partial charge in [-0.15, -0.1) is 0 Å². The molecule has 1 fully saturated rings. The van der Waals surface area contributed by atoms with E-state index in [1.807, 2.05) is 0 Å². The van der Waals surface area contributed by atoms with Gasteiger partial charge in [0.15, 0.2) is 6.61 Å². The molecule has 16 heavy (non-hydrogen) atoms. The third kappa shape index (κ3) is 5.11. The van der Waals surface area contributed by atoms with Crippen molar-refractivity contribution in [2.75, 3.05) is 6.61 Å². The minimum absolute atomic E-state index is 0.0194. The van der Waals surface area contributed by atoms with Crippen LogP contribution in [0.15, 0.2) is 0 Å². The smallest absolute Gasteiger partial charge is 0.332 e. The van der Waals surface area contributed by atoms with Gasteiger partial charge in [-0.25, -0.2) is 10.3 Å². The molecular formula is C11H19NO4. The minimum Gasteiger partial charge on any atom is -0.479 e.